The number of hydrogen-bond acceptors (Lipinski definition) is 5. The number of carbonyl (C=O) groups excluding carboxylic acids is 1. The van der Waals surface area contributed by atoms with Crippen molar-refractivity contribution < 1.29 is 14.5 Å². The van der Waals surface area contributed by atoms with Crippen molar-refractivity contribution in [2.24, 2.45) is 5.10 Å². The third kappa shape index (κ3) is 4.93. The van der Waals surface area contributed by atoms with E-state index in [1.165, 1.54) is 24.4 Å². The number of amides is 1. The van der Waals surface area contributed by atoms with Crippen LogP contribution in [0, 0.1) is 10.1 Å². The van der Waals surface area contributed by atoms with Crippen LogP contribution in [0.5, 0.6) is 11.5 Å². The first-order chi connectivity index (χ1) is 13.5. The van der Waals surface area contributed by atoms with Crippen molar-refractivity contribution in [1.29, 1.82) is 0 Å². The number of benzene rings is 3. The molecule has 0 aliphatic carbocycles. The van der Waals surface area contributed by atoms with E-state index < -0.39 is 4.92 Å². The topological polar surface area (TPSA) is 93.8 Å². The summed E-state index contributed by atoms with van der Waals surface area (Å²) in [6.45, 7) is 0. The molecule has 0 aliphatic heterocycles. The molecule has 1 amide bonds. The minimum Gasteiger partial charge on any atom is -0.450 e. The summed E-state index contributed by atoms with van der Waals surface area (Å²) < 4.78 is 5.57. The lowest BCUT2D eigenvalue weighted by Gasteiger charge is -2.06. The molecule has 3 aromatic rings. The van der Waals surface area contributed by atoms with Crippen LogP contribution < -0.4 is 10.2 Å². The highest BCUT2D eigenvalue weighted by Gasteiger charge is 2.16. The molecule has 0 bridgehead atoms. The predicted octanol–water partition coefficient (Wildman–Crippen LogP) is 4.80. The maximum Gasteiger partial charge on any atom is 0.313 e. The molecule has 0 radical (unpaired) electrons. The molecule has 1 N–H and O–H groups in total. The molecule has 0 unspecified atom stereocenters. The Morgan fingerprint density at radius 2 is 1.79 bits per heavy atom. The van der Waals surface area contributed by atoms with Crippen molar-refractivity contribution in [1.82, 2.24) is 5.43 Å². The third-order valence-corrected chi connectivity index (χ3v) is 3.88. The molecule has 3 aromatic carbocycles. The average Bonchev–Trinajstić information content (AvgIpc) is 2.71. The molecule has 7 nitrogen and oxygen atoms in total. The van der Waals surface area contributed by atoms with Crippen LogP contribution in [0.25, 0.3) is 0 Å². The van der Waals surface area contributed by atoms with Crippen molar-refractivity contribution in [2.75, 3.05) is 0 Å². The summed E-state index contributed by atoms with van der Waals surface area (Å²) >= 11 is 5.79. The van der Waals surface area contributed by atoms with E-state index in [0.29, 0.717) is 16.9 Å². The van der Waals surface area contributed by atoms with E-state index >= 15 is 0 Å². The molecule has 8 heteroatoms. The van der Waals surface area contributed by atoms with Crippen LogP contribution in [0.4, 0.5) is 5.69 Å². The fourth-order valence-electron chi connectivity index (χ4n) is 2.29. The van der Waals surface area contributed by atoms with Crippen LogP contribution in [0.3, 0.4) is 0 Å². The molecule has 0 aromatic heterocycles. The first-order valence-electron chi connectivity index (χ1n) is 8.13. The van der Waals surface area contributed by atoms with Crippen molar-refractivity contribution in [2.45, 2.75) is 0 Å². The summed E-state index contributed by atoms with van der Waals surface area (Å²) in [7, 11) is 0. The van der Waals surface area contributed by atoms with E-state index in [2.05, 4.69) is 10.5 Å². The van der Waals surface area contributed by atoms with Crippen LogP contribution in [0.2, 0.25) is 5.02 Å². The second kappa shape index (κ2) is 8.79. The third-order valence-electron chi connectivity index (χ3n) is 3.64. The summed E-state index contributed by atoms with van der Waals surface area (Å²) in [6, 6.07) is 19.6. The van der Waals surface area contributed by atoms with Gasteiger partial charge in [-0.3, -0.25) is 14.9 Å². The monoisotopic (exact) mass is 395 g/mol. The Bertz CT molecular complexity index is 1020. The van der Waals surface area contributed by atoms with Crippen molar-refractivity contribution in [3.8, 4) is 11.5 Å². The zero-order chi connectivity index (χ0) is 19.9. The molecule has 0 aliphatic rings. The molecule has 0 saturated carbocycles. The summed E-state index contributed by atoms with van der Waals surface area (Å²) in [4.78, 5) is 22.4. The van der Waals surface area contributed by atoms with Gasteiger partial charge in [-0.25, -0.2) is 5.43 Å². The highest BCUT2D eigenvalue weighted by Crippen LogP contribution is 2.33. The van der Waals surface area contributed by atoms with Gasteiger partial charge in [-0.1, -0.05) is 29.8 Å². The number of hydrazone groups is 1. The molecular formula is C20H14ClN3O4. The Kier molecular flexibility index (Phi) is 5.98. The molecular weight excluding hydrogens is 382 g/mol. The second-order valence-corrected chi connectivity index (χ2v) is 6.04. The number of hydrogen-bond donors (Lipinski definition) is 1. The number of halogens is 1. The lowest BCUT2D eigenvalue weighted by atomic mass is 10.2. The first-order valence-corrected chi connectivity index (χ1v) is 8.51. The zero-order valence-corrected chi connectivity index (χ0v) is 15.2. The van der Waals surface area contributed by atoms with Gasteiger partial charge in [0.1, 0.15) is 5.75 Å². The van der Waals surface area contributed by atoms with Gasteiger partial charge >= 0.3 is 5.69 Å². The van der Waals surface area contributed by atoms with Gasteiger partial charge in [0.25, 0.3) is 5.91 Å². The van der Waals surface area contributed by atoms with Crippen LogP contribution in [0.15, 0.2) is 77.9 Å². The maximum absolute atomic E-state index is 11.9. The zero-order valence-electron chi connectivity index (χ0n) is 14.4. The van der Waals surface area contributed by atoms with Crippen molar-refractivity contribution >= 4 is 29.4 Å². The number of nitrogens with one attached hydrogen (secondary N) is 1. The number of nitro benzene ring substituents is 1. The fourth-order valence-corrected chi connectivity index (χ4v) is 2.45. The second-order valence-electron chi connectivity index (χ2n) is 5.61. The Morgan fingerprint density at radius 3 is 2.46 bits per heavy atom. The lowest BCUT2D eigenvalue weighted by Crippen LogP contribution is -2.17. The van der Waals surface area contributed by atoms with Gasteiger partial charge in [0.05, 0.1) is 11.1 Å². The normalized spacial score (nSPS) is 10.6. The molecule has 0 fully saturated rings. The number of carbonyl (C=O) groups is 1. The minimum atomic E-state index is -0.558. The Balaban J connectivity index is 1.64. The number of nitro groups is 1. The van der Waals surface area contributed by atoms with Gasteiger partial charge in [-0.05, 0) is 54.1 Å². The van der Waals surface area contributed by atoms with Gasteiger partial charge in [0, 0.05) is 16.7 Å². The molecule has 0 heterocycles. The molecule has 28 heavy (non-hydrogen) atoms. The largest absolute Gasteiger partial charge is 0.450 e. The molecule has 0 atom stereocenters. The highest BCUT2D eigenvalue weighted by molar-refractivity contribution is 6.30. The van der Waals surface area contributed by atoms with Crippen LogP contribution in [-0.4, -0.2) is 17.0 Å². The predicted molar refractivity (Wildman–Crippen MR) is 106 cm³/mol. The van der Waals surface area contributed by atoms with Crippen LogP contribution >= 0.6 is 11.6 Å². The van der Waals surface area contributed by atoms with Gasteiger partial charge in [-0.15, -0.1) is 0 Å². The summed E-state index contributed by atoms with van der Waals surface area (Å²) in [6.07, 6.45) is 1.48. The fraction of sp³-hybridized carbons (Fsp3) is 0. The van der Waals surface area contributed by atoms with Gasteiger partial charge in [0.15, 0.2) is 0 Å². The Morgan fingerprint density at radius 1 is 1.07 bits per heavy atom. The van der Waals surface area contributed by atoms with E-state index in [4.69, 9.17) is 16.3 Å². The standard InChI is InChI=1S/C20H14ClN3O4/c21-16-8-11-19(18(12-16)24(26)27)28-17-9-6-14(7-10-17)13-22-23-20(25)15-4-2-1-3-5-15/h1-13H,(H,23,25)/b22-13-. The SMILES string of the molecule is O=C(N/N=C\c1ccc(Oc2ccc(Cl)cc2[N+](=O)[O-])cc1)c1ccccc1. The van der Waals surface area contributed by atoms with Crippen molar-refractivity contribution in [3.63, 3.8) is 0 Å². The van der Waals surface area contributed by atoms with E-state index in [0.717, 1.165) is 0 Å². The summed E-state index contributed by atoms with van der Waals surface area (Å²) in [5.41, 5.74) is 3.44. The number of ether oxygens (including phenoxy) is 1. The molecule has 3 rings (SSSR count). The molecule has 0 spiro atoms. The summed E-state index contributed by atoms with van der Waals surface area (Å²) in [5.74, 6) is 0.189. The van der Waals surface area contributed by atoms with E-state index in [-0.39, 0.29) is 22.4 Å². The first kappa shape index (κ1) is 19.1. The molecule has 140 valence electrons. The highest BCUT2D eigenvalue weighted by atomic mass is 35.5. The van der Waals surface area contributed by atoms with Gasteiger partial charge in [0.2, 0.25) is 5.75 Å². The van der Waals surface area contributed by atoms with Crippen LogP contribution in [0.1, 0.15) is 15.9 Å². The van der Waals surface area contributed by atoms with E-state index in [9.17, 15) is 14.9 Å². The van der Waals surface area contributed by atoms with Gasteiger partial charge < -0.3 is 4.74 Å². The Hall–Kier alpha value is -3.71. The van der Waals surface area contributed by atoms with Gasteiger partial charge in [-0.2, -0.15) is 5.10 Å². The Labute approximate surface area is 165 Å². The summed E-state index contributed by atoms with van der Waals surface area (Å²) in [5, 5.41) is 15.3. The lowest BCUT2D eigenvalue weighted by molar-refractivity contribution is -0.385. The van der Waals surface area contributed by atoms with Crippen molar-refractivity contribution in [3.05, 3.63) is 99.1 Å². The van der Waals surface area contributed by atoms with E-state index in [1.807, 2.05) is 6.07 Å². The number of rotatable bonds is 6. The molecule has 0 saturated heterocycles. The quantitative estimate of drug-likeness (QED) is 0.368. The van der Waals surface area contributed by atoms with Crippen LogP contribution in [-0.2, 0) is 0 Å². The van der Waals surface area contributed by atoms with E-state index in [1.54, 1.807) is 48.5 Å². The minimum absolute atomic E-state index is 0.0888. The average molecular weight is 396 g/mol. The maximum atomic E-state index is 11.9. The smallest absolute Gasteiger partial charge is 0.313 e. The number of nitrogens with zero attached hydrogens (tertiary/aromatic N) is 2.